The Hall–Kier alpha value is -1.52. The van der Waals surface area contributed by atoms with Gasteiger partial charge < -0.3 is 0 Å². The van der Waals surface area contributed by atoms with Gasteiger partial charge in [-0.05, 0) is 43.3 Å². The molecule has 0 unspecified atom stereocenters. The zero-order valence-electron chi connectivity index (χ0n) is 20.3. The maximum atomic E-state index is 13.0. The molecule has 0 N–H and O–H groups in total. The molecule has 0 bridgehead atoms. The number of thioether (sulfide) groups is 2. The summed E-state index contributed by atoms with van der Waals surface area (Å²) in [7, 11) is 0. The van der Waals surface area contributed by atoms with E-state index < -0.39 is 0 Å². The van der Waals surface area contributed by atoms with Crippen LogP contribution in [0.3, 0.4) is 0 Å². The van der Waals surface area contributed by atoms with Crippen LogP contribution in [0.25, 0.3) is 0 Å². The summed E-state index contributed by atoms with van der Waals surface area (Å²) in [5, 5.41) is 0.816. The molecule has 32 heavy (non-hydrogen) atoms. The zero-order chi connectivity index (χ0) is 23.8. The van der Waals surface area contributed by atoms with Crippen LogP contribution in [0.4, 0.5) is 0 Å². The number of allylic oxidation sites excluding steroid dienone is 5. The number of hydrogen-bond acceptors (Lipinski definition) is 4. The third-order valence-electron chi connectivity index (χ3n) is 5.30. The summed E-state index contributed by atoms with van der Waals surface area (Å²) in [6.45, 7) is 12.2. The average Bonchev–Trinajstić information content (AvgIpc) is 2.82. The summed E-state index contributed by atoms with van der Waals surface area (Å²) in [6.07, 6.45) is 14.6. The molecule has 1 aliphatic carbocycles. The molecule has 1 aromatic rings. The highest BCUT2D eigenvalue weighted by Crippen LogP contribution is 2.33. The highest BCUT2D eigenvalue weighted by molar-refractivity contribution is 8.00. The van der Waals surface area contributed by atoms with Crippen molar-refractivity contribution in [3.63, 3.8) is 0 Å². The average molecular weight is 473 g/mol. The van der Waals surface area contributed by atoms with Crippen molar-refractivity contribution in [2.24, 2.45) is 0 Å². The Labute approximate surface area is 204 Å². The Kier molecular flexibility index (Phi) is 15.2. The van der Waals surface area contributed by atoms with Crippen molar-refractivity contribution >= 4 is 35.1 Å². The van der Waals surface area contributed by atoms with E-state index in [2.05, 4.69) is 32.2 Å². The lowest BCUT2D eigenvalue weighted by Crippen LogP contribution is -2.20. The normalized spacial score (nSPS) is 14.6. The third kappa shape index (κ3) is 9.15. The van der Waals surface area contributed by atoms with Gasteiger partial charge in [-0.25, -0.2) is 0 Å². The van der Waals surface area contributed by atoms with Gasteiger partial charge in [0.05, 0.1) is 0 Å². The molecule has 0 radical (unpaired) electrons. The predicted molar refractivity (Wildman–Crippen MR) is 145 cm³/mol. The second-order valence-electron chi connectivity index (χ2n) is 7.49. The molecule has 1 aliphatic rings. The van der Waals surface area contributed by atoms with Crippen LogP contribution in [0.2, 0.25) is 0 Å². The molecule has 176 valence electrons. The highest BCUT2D eigenvalue weighted by Gasteiger charge is 2.29. The minimum Gasteiger partial charge on any atom is -0.294 e. The standard InChI is InChI=1S/C26H34O2S2.C2H6/c1-4-7-10-14-20-19-23(27)22-15-13-16-24(25(22)26(20)28)30-18-12-9-8-11-17-29-21(5-2)6-3;1-2/h4,7,10,13-16,21H,1,5-6,8-9,11-12,17-19H2,2-3H3;1-2H3/b10-7-,20-14+;. The minimum absolute atomic E-state index is 0.0140. The number of fused-ring (bicyclic) bond motifs is 1. The molecule has 0 heterocycles. The summed E-state index contributed by atoms with van der Waals surface area (Å²) in [5.41, 5.74) is 1.74. The van der Waals surface area contributed by atoms with Crippen molar-refractivity contribution in [2.75, 3.05) is 11.5 Å². The van der Waals surface area contributed by atoms with Crippen molar-refractivity contribution < 1.29 is 9.59 Å². The predicted octanol–water partition coefficient (Wildman–Crippen LogP) is 8.72. The second-order valence-corrected chi connectivity index (χ2v) is 10.0. The van der Waals surface area contributed by atoms with Crippen molar-refractivity contribution in [1.29, 1.82) is 0 Å². The summed E-state index contributed by atoms with van der Waals surface area (Å²) in [4.78, 5) is 26.5. The molecule has 0 amide bonds. The Bertz CT molecular complexity index is 789. The lowest BCUT2D eigenvalue weighted by molar-refractivity contribution is 0.0933. The first-order valence-corrected chi connectivity index (χ1v) is 14.1. The molecule has 0 aliphatic heterocycles. The third-order valence-corrected chi connectivity index (χ3v) is 8.11. The quantitative estimate of drug-likeness (QED) is 0.124. The van der Waals surface area contributed by atoms with Gasteiger partial charge in [0.25, 0.3) is 0 Å². The summed E-state index contributed by atoms with van der Waals surface area (Å²) >= 11 is 3.82. The Morgan fingerprint density at radius 1 is 1.00 bits per heavy atom. The number of carbonyl (C=O) groups is 2. The van der Waals surface area contributed by atoms with Gasteiger partial charge in [-0.15, -0.1) is 11.8 Å². The molecule has 1 aromatic carbocycles. The highest BCUT2D eigenvalue weighted by atomic mass is 32.2. The first-order chi connectivity index (χ1) is 15.6. The molecular weight excluding hydrogens is 432 g/mol. The molecule has 2 rings (SSSR count). The van der Waals surface area contributed by atoms with E-state index in [1.54, 1.807) is 42.1 Å². The summed E-state index contributed by atoms with van der Waals surface area (Å²) in [6, 6.07) is 5.66. The molecule has 0 atom stereocenters. The Morgan fingerprint density at radius 3 is 2.34 bits per heavy atom. The van der Waals surface area contributed by atoms with Gasteiger partial charge in [0.2, 0.25) is 0 Å². The van der Waals surface area contributed by atoms with Gasteiger partial charge in [0, 0.05) is 33.3 Å². The molecule has 4 heteroatoms. The van der Waals surface area contributed by atoms with E-state index in [4.69, 9.17) is 0 Å². The van der Waals surface area contributed by atoms with Gasteiger partial charge in [0.1, 0.15) is 0 Å². The van der Waals surface area contributed by atoms with Crippen LogP contribution in [-0.2, 0) is 0 Å². The largest absolute Gasteiger partial charge is 0.294 e. The topological polar surface area (TPSA) is 34.1 Å². The van der Waals surface area contributed by atoms with Gasteiger partial charge in [-0.2, -0.15) is 11.8 Å². The molecule has 0 saturated heterocycles. The number of rotatable bonds is 13. The van der Waals surface area contributed by atoms with Crippen molar-refractivity contribution in [3.05, 3.63) is 65.8 Å². The van der Waals surface area contributed by atoms with Gasteiger partial charge in [-0.1, -0.05) is 83.6 Å². The van der Waals surface area contributed by atoms with E-state index in [-0.39, 0.29) is 18.0 Å². The van der Waals surface area contributed by atoms with Crippen LogP contribution < -0.4 is 0 Å². The maximum absolute atomic E-state index is 13.0. The van der Waals surface area contributed by atoms with E-state index in [9.17, 15) is 9.59 Å². The van der Waals surface area contributed by atoms with Crippen LogP contribution in [0.5, 0.6) is 0 Å². The Morgan fingerprint density at radius 2 is 1.69 bits per heavy atom. The lowest BCUT2D eigenvalue weighted by Gasteiger charge is -2.19. The van der Waals surface area contributed by atoms with Gasteiger partial charge in [0.15, 0.2) is 11.6 Å². The summed E-state index contributed by atoms with van der Waals surface area (Å²) in [5.74, 6) is 2.25. The summed E-state index contributed by atoms with van der Waals surface area (Å²) < 4.78 is 0. The molecule has 0 saturated carbocycles. The number of carbonyl (C=O) groups excluding carboxylic acids is 2. The van der Waals surface area contributed by atoms with Crippen molar-refractivity contribution in [2.45, 2.75) is 82.8 Å². The fourth-order valence-electron chi connectivity index (χ4n) is 3.53. The fraction of sp³-hybridized carbons (Fsp3) is 0.500. The van der Waals surface area contributed by atoms with E-state index in [1.807, 2.05) is 26.0 Å². The van der Waals surface area contributed by atoms with Crippen LogP contribution in [0.1, 0.15) is 93.4 Å². The Balaban J connectivity index is 0.00000249. The smallest absolute Gasteiger partial charge is 0.191 e. The van der Waals surface area contributed by atoms with E-state index in [0.717, 1.165) is 22.3 Å². The number of Topliss-reactive ketones (excluding diaryl/α,β-unsaturated/α-hetero) is 2. The number of ketones is 2. The van der Waals surface area contributed by atoms with Crippen LogP contribution >= 0.6 is 23.5 Å². The van der Waals surface area contributed by atoms with Crippen LogP contribution in [-0.4, -0.2) is 28.3 Å². The van der Waals surface area contributed by atoms with E-state index in [1.165, 1.54) is 37.9 Å². The number of hydrogen-bond donors (Lipinski definition) is 0. The molecule has 0 fully saturated rings. The lowest BCUT2D eigenvalue weighted by atomic mass is 9.85. The fourth-order valence-corrected chi connectivity index (χ4v) is 5.79. The monoisotopic (exact) mass is 472 g/mol. The first kappa shape index (κ1) is 28.5. The number of benzene rings is 1. The SMILES string of the molecule is C=C/C=C\C=C1/CC(=O)c2cccc(SCCCCCCSC(CC)CC)c2C1=O.CC. The maximum Gasteiger partial charge on any atom is 0.191 e. The van der Waals surface area contributed by atoms with E-state index in [0.29, 0.717) is 16.7 Å². The van der Waals surface area contributed by atoms with Crippen molar-refractivity contribution in [3.8, 4) is 0 Å². The van der Waals surface area contributed by atoms with Gasteiger partial charge in [-0.3, -0.25) is 9.59 Å². The van der Waals surface area contributed by atoms with E-state index >= 15 is 0 Å². The first-order valence-electron chi connectivity index (χ1n) is 12.1. The second kappa shape index (κ2) is 17.0. The molecule has 0 spiro atoms. The number of unbranched alkanes of at least 4 members (excludes halogenated alkanes) is 3. The molecular formula is C28H40O2S2. The molecule has 0 aromatic heterocycles. The minimum atomic E-state index is -0.0140. The van der Waals surface area contributed by atoms with Gasteiger partial charge >= 0.3 is 0 Å². The molecule has 2 nitrogen and oxygen atoms in total. The van der Waals surface area contributed by atoms with Crippen LogP contribution in [0.15, 0.2) is 59.6 Å². The van der Waals surface area contributed by atoms with Crippen molar-refractivity contribution in [1.82, 2.24) is 0 Å². The zero-order valence-corrected chi connectivity index (χ0v) is 22.0. The van der Waals surface area contributed by atoms with Crippen LogP contribution in [0, 0.1) is 0 Å².